The molecule has 1 fully saturated rings. The first-order chi connectivity index (χ1) is 10.9. The minimum absolute atomic E-state index is 0.289. The van der Waals surface area contributed by atoms with E-state index in [1.807, 2.05) is 12.1 Å². The Balaban J connectivity index is 1.69. The maximum Gasteiger partial charge on any atom is 0.231 e. The van der Waals surface area contributed by atoms with E-state index < -0.39 is 0 Å². The van der Waals surface area contributed by atoms with Gasteiger partial charge in [-0.05, 0) is 12.8 Å². The number of fused-ring (bicyclic) bond motifs is 2. The Morgan fingerprint density at radius 3 is 2.77 bits per heavy atom. The van der Waals surface area contributed by atoms with Gasteiger partial charge in [0.05, 0.1) is 24.2 Å². The van der Waals surface area contributed by atoms with Crippen LogP contribution in [0.2, 0.25) is 0 Å². The van der Waals surface area contributed by atoms with E-state index in [4.69, 9.17) is 24.9 Å². The fraction of sp³-hybridized carbons (Fsp3) is 0.562. The minimum atomic E-state index is 0.289. The van der Waals surface area contributed by atoms with Gasteiger partial charge in [0.25, 0.3) is 0 Å². The van der Waals surface area contributed by atoms with Gasteiger partial charge in [-0.25, -0.2) is 4.98 Å². The number of ether oxygens (including phenoxy) is 3. The Morgan fingerprint density at radius 2 is 2.05 bits per heavy atom. The lowest BCUT2D eigenvalue weighted by atomic mass is 9.85. The Labute approximate surface area is 129 Å². The van der Waals surface area contributed by atoms with E-state index in [1.165, 1.54) is 25.1 Å². The number of rotatable bonds is 6. The highest BCUT2D eigenvalue weighted by Crippen LogP contribution is 2.40. The van der Waals surface area contributed by atoms with Crippen molar-refractivity contribution in [3.63, 3.8) is 0 Å². The van der Waals surface area contributed by atoms with Gasteiger partial charge in [-0.3, -0.25) is 0 Å². The van der Waals surface area contributed by atoms with Crippen molar-refractivity contribution >= 4 is 11.0 Å². The molecule has 0 saturated heterocycles. The molecule has 2 N–H and O–H groups in total. The summed E-state index contributed by atoms with van der Waals surface area (Å²) in [6.07, 6.45) is 3.74. The molecule has 0 spiro atoms. The van der Waals surface area contributed by atoms with Gasteiger partial charge in [0.1, 0.15) is 5.82 Å². The summed E-state index contributed by atoms with van der Waals surface area (Å²) in [5.41, 5.74) is 7.55. The van der Waals surface area contributed by atoms with Crippen LogP contribution < -0.4 is 15.2 Å². The number of aromatic nitrogens is 2. The van der Waals surface area contributed by atoms with Crippen molar-refractivity contribution in [2.24, 2.45) is 5.73 Å². The van der Waals surface area contributed by atoms with Gasteiger partial charge < -0.3 is 24.5 Å². The Hall–Kier alpha value is -1.79. The van der Waals surface area contributed by atoms with E-state index in [2.05, 4.69) is 4.57 Å². The van der Waals surface area contributed by atoms with Crippen LogP contribution in [-0.4, -0.2) is 36.1 Å². The first-order valence-corrected chi connectivity index (χ1v) is 7.94. The average molecular weight is 303 g/mol. The van der Waals surface area contributed by atoms with Crippen LogP contribution in [0.3, 0.4) is 0 Å². The molecule has 1 saturated carbocycles. The first kappa shape index (κ1) is 13.8. The predicted molar refractivity (Wildman–Crippen MR) is 82.3 cm³/mol. The lowest BCUT2D eigenvalue weighted by Crippen LogP contribution is -2.18. The van der Waals surface area contributed by atoms with Crippen molar-refractivity contribution in [3.05, 3.63) is 18.0 Å². The smallest absolute Gasteiger partial charge is 0.231 e. The summed E-state index contributed by atoms with van der Waals surface area (Å²) in [6.45, 7) is 2.88. The lowest BCUT2D eigenvalue weighted by molar-refractivity contribution is 0.132. The second-order valence-corrected chi connectivity index (χ2v) is 5.84. The van der Waals surface area contributed by atoms with Crippen molar-refractivity contribution in [2.45, 2.75) is 31.7 Å². The summed E-state index contributed by atoms with van der Waals surface area (Å²) in [6, 6.07) is 4.02. The molecule has 0 atom stereocenters. The molecule has 0 amide bonds. The number of nitrogens with zero attached hydrogens (tertiary/aromatic N) is 2. The molecular weight excluding hydrogens is 282 g/mol. The summed E-state index contributed by atoms with van der Waals surface area (Å²) >= 11 is 0. The van der Waals surface area contributed by atoms with Crippen molar-refractivity contribution < 1.29 is 14.2 Å². The molecule has 2 aliphatic rings. The van der Waals surface area contributed by atoms with Crippen molar-refractivity contribution in [2.75, 3.05) is 26.6 Å². The molecule has 1 aromatic heterocycles. The van der Waals surface area contributed by atoms with Crippen LogP contribution in [0.4, 0.5) is 0 Å². The molecule has 1 aliphatic heterocycles. The second kappa shape index (κ2) is 5.78. The molecule has 2 heterocycles. The van der Waals surface area contributed by atoms with Gasteiger partial charge in [0.15, 0.2) is 11.5 Å². The normalized spacial score (nSPS) is 17.1. The zero-order valence-corrected chi connectivity index (χ0v) is 12.6. The van der Waals surface area contributed by atoms with Crippen LogP contribution in [0.25, 0.3) is 11.0 Å². The minimum Gasteiger partial charge on any atom is -0.454 e. The van der Waals surface area contributed by atoms with Gasteiger partial charge >= 0.3 is 0 Å². The van der Waals surface area contributed by atoms with E-state index in [0.717, 1.165) is 29.1 Å². The second-order valence-electron chi connectivity index (χ2n) is 5.84. The predicted octanol–water partition coefficient (Wildman–Crippen LogP) is 2.01. The van der Waals surface area contributed by atoms with E-state index >= 15 is 0 Å². The highest BCUT2D eigenvalue weighted by molar-refractivity contribution is 5.81. The zero-order chi connectivity index (χ0) is 14.9. The average Bonchev–Trinajstić information content (AvgIpc) is 3.04. The maximum absolute atomic E-state index is 5.55. The van der Waals surface area contributed by atoms with Gasteiger partial charge in [0.2, 0.25) is 6.79 Å². The Bertz CT molecular complexity index is 679. The molecule has 22 heavy (non-hydrogen) atoms. The molecule has 6 nitrogen and oxygen atoms in total. The standard InChI is InChI=1S/C16H21N3O3/c17-4-6-20-7-5-19-13-9-15-14(21-10-22-15)8-12(13)18-16(19)11-2-1-3-11/h8-9,11H,1-7,10,17H2. The molecule has 1 aromatic carbocycles. The molecular formula is C16H21N3O3. The van der Waals surface area contributed by atoms with E-state index in [-0.39, 0.29) is 6.79 Å². The van der Waals surface area contributed by atoms with Crippen molar-refractivity contribution in [1.29, 1.82) is 0 Å². The van der Waals surface area contributed by atoms with E-state index in [1.54, 1.807) is 0 Å². The third kappa shape index (κ3) is 2.32. The fourth-order valence-electron chi connectivity index (χ4n) is 3.09. The van der Waals surface area contributed by atoms with Crippen molar-refractivity contribution in [1.82, 2.24) is 9.55 Å². The van der Waals surface area contributed by atoms with Crippen LogP contribution in [0.15, 0.2) is 12.1 Å². The summed E-state index contributed by atoms with van der Waals surface area (Å²) < 4.78 is 18.8. The number of nitrogens with two attached hydrogens (primary N) is 1. The molecule has 0 radical (unpaired) electrons. The quantitative estimate of drug-likeness (QED) is 0.827. The number of hydrogen-bond acceptors (Lipinski definition) is 5. The van der Waals surface area contributed by atoms with Gasteiger partial charge in [0, 0.05) is 31.1 Å². The molecule has 0 bridgehead atoms. The molecule has 2 aromatic rings. The number of hydrogen-bond donors (Lipinski definition) is 1. The number of imidazole rings is 1. The monoisotopic (exact) mass is 303 g/mol. The van der Waals surface area contributed by atoms with Crippen molar-refractivity contribution in [3.8, 4) is 11.5 Å². The largest absolute Gasteiger partial charge is 0.454 e. The summed E-state index contributed by atoms with van der Waals surface area (Å²) in [4.78, 5) is 4.86. The molecule has 118 valence electrons. The summed E-state index contributed by atoms with van der Waals surface area (Å²) in [7, 11) is 0. The fourth-order valence-corrected chi connectivity index (χ4v) is 3.09. The highest BCUT2D eigenvalue weighted by atomic mass is 16.7. The zero-order valence-electron chi connectivity index (χ0n) is 12.6. The van der Waals surface area contributed by atoms with Crippen LogP contribution >= 0.6 is 0 Å². The topological polar surface area (TPSA) is 71.5 Å². The van der Waals surface area contributed by atoms with Crippen LogP contribution in [0.5, 0.6) is 11.5 Å². The van der Waals surface area contributed by atoms with Gasteiger partial charge in [-0.2, -0.15) is 0 Å². The highest BCUT2D eigenvalue weighted by Gasteiger charge is 2.27. The Kier molecular flexibility index (Phi) is 3.63. The first-order valence-electron chi connectivity index (χ1n) is 7.94. The molecule has 1 aliphatic carbocycles. The summed E-state index contributed by atoms with van der Waals surface area (Å²) in [5.74, 6) is 3.33. The molecule has 6 heteroatoms. The molecule has 0 unspecified atom stereocenters. The van der Waals surface area contributed by atoms with Crippen LogP contribution in [0.1, 0.15) is 31.0 Å². The van der Waals surface area contributed by atoms with Crippen LogP contribution in [0, 0.1) is 0 Å². The SMILES string of the molecule is NCCOCCn1c(C2CCC2)nc2cc3c(cc21)OCO3. The molecule has 4 rings (SSSR count). The van der Waals surface area contributed by atoms with Crippen LogP contribution in [-0.2, 0) is 11.3 Å². The third-order valence-electron chi connectivity index (χ3n) is 4.46. The summed E-state index contributed by atoms with van der Waals surface area (Å²) in [5, 5.41) is 0. The maximum atomic E-state index is 5.55. The third-order valence-corrected chi connectivity index (χ3v) is 4.46. The van der Waals surface area contributed by atoms with E-state index in [9.17, 15) is 0 Å². The lowest BCUT2D eigenvalue weighted by Gasteiger charge is -2.25. The van der Waals surface area contributed by atoms with Gasteiger partial charge in [-0.15, -0.1) is 0 Å². The Morgan fingerprint density at radius 1 is 1.23 bits per heavy atom. The van der Waals surface area contributed by atoms with Gasteiger partial charge in [-0.1, -0.05) is 6.42 Å². The van der Waals surface area contributed by atoms with E-state index in [0.29, 0.717) is 25.7 Å². The number of benzene rings is 1.